The molecule has 2 heterocycles. The van der Waals surface area contributed by atoms with E-state index in [2.05, 4.69) is 5.32 Å². The minimum absolute atomic E-state index is 0.0758. The molecule has 102 valence electrons. The van der Waals surface area contributed by atoms with Crippen molar-refractivity contribution >= 4 is 17.5 Å². The number of rotatable bonds is 1. The average molecular weight is 283 g/mol. The van der Waals surface area contributed by atoms with Crippen LogP contribution in [0, 0.1) is 11.7 Å². The predicted molar refractivity (Wildman–Crippen MR) is 71.8 cm³/mol. The van der Waals surface area contributed by atoms with Gasteiger partial charge in [-0.25, -0.2) is 4.39 Å². The fraction of sp³-hybridized carbons (Fsp3) is 0.500. The second-order valence-electron chi connectivity index (χ2n) is 5.41. The largest absolute Gasteiger partial charge is 0.331 e. The van der Waals surface area contributed by atoms with E-state index in [0.29, 0.717) is 10.9 Å². The van der Waals surface area contributed by atoms with Crippen LogP contribution in [0.25, 0.3) is 0 Å². The zero-order valence-corrected chi connectivity index (χ0v) is 11.5. The van der Waals surface area contributed by atoms with Gasteiger partial charge in [0.25, 0.3) is 5.91 Å². The summed E-state index contributed by atoms with van der Waals surface area (Å²) in [6.07, 6.45) is 0.978. The first-order valence-corrected chi connectivity index (χ1v) is 6.94. The highest BCUT2D eigenvalue weighted by Crippen LogP contribution is 2.33. The van der Waals surface area contributed by atoms with E-state index in [9.17, 15) is 9.18 Å². The Labute approximate surface area is 116 Å². The van der Waals surface area contributed by atoms with Gasteiger partial charge in [-0.3, -0.25) is 4.79 Å². The van der Waals surface area contributed by atoms with Gasteiger partial charge in [-0.1, -0.05) is 11.6 Å². The molecule has 2 aliphatic rings. The first-order valence-electron chi connectivity index (χ1n) is 6.56. The molecule has 0 spiro atoms. The topological polar surface area (TPSA) is 32.3 Å². The molecule has 3 nitrogen and oxygen atoms in total. The van der Waals surface area contributed by atoms with Crippen LogP contribution >= 0.6 is 11.6 Å². The molecule has 5 heteroatoms. The Bertz CT molecular complexity index is 522. The third-order valence-electron chi connectivity index (χ3n) is 4.17. The molecule has 0 aliphatic carbocycles. The fourth-order valence-electron chi connectivity index (χ4n) is 3.32. The lowest BCUT2D eigenvalue weighted by molar-refractivity contribution is 0.0677. The van der Waals surface area contributed by atoms with E-state index < -0.39 is 5.82 Å². The summed E-state index contributed by atoms with van der Waals surface area (Å²) in [5, 5.41) is 3.68. The van der Waals surface area contributed by atoms with E-state index in [1.54, 1.807) is 0 Å². The highest BCUT2D eigenvalue weighted by Gasteiger charge is 2.44. The molecule has 0 radical (unpaired) electrons. The lowest BCUT2D eigenvalue weighted by atomic mass is 10.0. The van der Waals surface area contributed by atoms with Gasteiger partial charge in [0.15, 0.2) is 0 Å². The fourth-order valence-corrected chi connectivity index (χ4v) is 3.49. The minimum atomic E-state index is -0.504. The molecule has 2 saturated heterocycles. The van der Waals surface area contributed by atoms with Crippen molar-refractivity contribution in [1.82, 2.24) is 10.2 Å². The van der Waals surface area contributed by atoms with Gasteiger partial charge in [0, 0.05) is 30.2 Å². The predicted octanol–water partition coefficient (Wildman–Crippen LogP) is 2.30. The van der Waals surface area contributed by atoms with Crippen molar-refractivity contribution in [2.75, 3.05) is 13.1 Å². The molecule has 3 rings (SSSR count). The van der Waals surface area contributed by atoms with Crippen molar-refractivity contribution in [2.24, 2.45) is 5.92 Å². The van der Waals surface area contributed by atoms with E-state index in [4.69, 9.17) is 11.6 Å². The number of nitrogens with zero attached hydrogens (tertiary/aromatic N) is 1. The third kappa shape index (κ3) is 2.13. The zero-order valence-electron chi connectivity index (χ0n) is 10.7. The molecular formula is C14H16ClFN2O. The Kier molecular flexibility index (Phi) is 3.23. The highest BCUT2D eigenvalue weighted by molar-refractivity contribution is 6.31. The number of amides is 1. The van der Waals surface area contributed by atoms with Crippen LogP contribution in [-0.4, -0.2) is 36.0 Å². The third-order valence-corrected chi connectivity index (χ3v) is 4.41. The number of halogens is 2. The molecule has 3 atom stereocenters. The normalized spacial score (nSPS) is 29.6. The Hall–Kier alpha value is -1.13. The van der Waals surface area contributed by atoms with E-state index in [1.807, 2.05) is 11.8 Å². The molecule has 1 amide bonds. The standard InChI is InChI=1S/C14H16ClFN2O/c1-8-4-9-6-17-7-13(9)18(8)14(19)11-5-10(15)2-3-12(11)16/h2-3,5,8-9,13,17H,4,6-7H2,1H3. The quantitative estimate of drug-likeness (QED) is 0.857. The Morgan fingerprint density at radius 2 is 2.26 bits per heavy atom. The molecule has 2 aliphatic heterocycles. The number of fused-ring (bicyclic) bond motifs is 1. The van der Waals surface area contributed by atoms with Gasteiger partial charge in [0.05, 0.1) is 5.56 Å². The van der Waals surface area contributed by atoms with Gasteiger partial charge >= 0.3 is 0 Å². The van der Waals surface area contributed by atoms with E-state index in [-0.39, 0.29) is 23.6 Å². The van der Waals surface area contributed by atoms with E-state index in [0.717, 1.165) is 19.5 Å². The lowest BCUT2D eigenvalue weighted by Gasteiger charge is -2.28. The van der Waals surface area contributed by atoms with Gasteiger partial charge in [-0.2, -0.15) is 0 Å². The smallest absolute Gasteiger partial charge is 0.257 e. The molecule has 0 saturated carbocycles. The van der Waals surface area contributed by atoms with Crippen molar-refractivity contribution in [3.63, 3.8) is 0 Å². The summed E-state index contributed by atoms with van der Waals surface area (Å²) in [5.74, 6) is -0.263. The van der Waals surface area contributed by atoms with Crippen LogP contribution in [0.5, 0.6) is 0 Å². The number of likely N-dealkylation sites (tertiary alicyclic amines) is 1. The molecule has 0 bridgehead atoms. The number of carbonyl (C=O) groups excluding carboxylic acids is 1. The van der Waals surface area contributed by atoms with Gasteiger partial charge in [-0.15, -0.1) is 0 Å². The van der Waals surface area contributed by atoms with E-state index in [1.165, 1.54) is 18.2 Å². The maximum atomic E-state index is 13.8. The zero-order chi connectivity index (χ0) is 13.6. The summed E-state index contributed by atoms with van der Waals surface area (Å²) >= 11 is 5.87. The van der Waals surface area contributed by atoms with Crippen molar-refractivity contribution in [3.8, 4) is 0 Å². The van der Waals surface area contributed by atoms with E-state index >= 15 is 0 Å². The van der Waals surface area contributed by atoms with Crippen LogP contribution in [-0.2, 0) is 0 Å². The molecule has 1 aromatic rings. The number of hydrogen-bond donors (Lipinski definition) is 1. The van der Waals surface area contributed by atoms with Gasteiger partial charge < -0.3 is 10.2 Å². The van der Waals surface area contributed by atoms with Gasteiger partial charge in [0.1, 0.15) is 5.82 Å². The molecule has 19 heavy (non-hydrogen) atoms. The first kappa shape index (κ1) is 12.9. The number of nitrogens with one attached hydrogen (secondary N) is 1. The Balaban J connectivity index is 1.93. The van der Waals surface area contributed by atoms with Crippen LogP contribution < -0.4 is 5.32 Å². The van der Waals surface area contributed by atoms with Crippen molar-refractivity contribution in [2.45, 2.75) is 25.4 Å². The van der Waals surface area contributed by atoms with Gasteiger partial charge in [0.2, 0.25) is 0 Å². The van der Waals surface area contributed by atoms with Gasteiger partial charge in [-0.05, 0) is 37.5 Å². The summed E-state index contributed by atoms with van der Waals surface area (Å²) in [6, 6.07) is 4.47. The van der Waals surface area contributed by atoms with Crippen LogP contribution in [0.4, 0.5) is 4.39 Å². The molecule has 0 aromatic heterocycles. The van der Waals surface area contributed by atoms with Crippen LogP contribution in [0.2, 0.25) is 5.02 Å². The molecule has 1 N–H and O–H groups in total. The van der Waals surface area contributed by atoms with Crippen LogP contribution in [0.15, 0.2) is 18.2 Å². The number of hydrogen-bond acceptors (Lipinski definition) is 2. The average Bonchev–Trinajstić information content (AvgIpc) is 2.91. The summed E-state index contributed by atoms with van der Waals surface area (Å²) in [6.45, 7) is 3.76. The lowest BCUT2D eigenvalue weighted by Crippen LogP contribution is -2.43. The molecule has 2 fully saturated rings. The minimum Gasteiger partial charge on any atom is -0.331 e. The Morgan fingerprint density at radius 3 is 3.05 bits per heavy atom. The van der Waals surface area contributed by atoms with Crippen molar-refractivity contribution in [3.05, 3.63) is 34.6 Å². The second kappa shape index (κ2) is 4.76. The van der Waals surface area contributed by atoms with Crippen molar-refractivity contribution < 1.29 is 9.18 Å². The molecule has 1 aromatic carbocycles. The summed E-state index contributed by atoms with van der Waals surface area (Å²) in [5.41, 5.74) is 0.0758. The maximum absolute atomic E-state index is 13.8. The van der Waals surface area contributed by atoms with Crippen LogP contribution in [0.3, 0.4) is 0 Å². The second-order valence-corrected chi connectivity index (χ2v) is 5.84. The first-order chi connectivity index (χ1) is 9.08. The Morgan fingerprint density at radius 1 is 1.47 bits per heavy atom. The number of carbonyl (C=O) groups is 1. The number of benzene rings is 1. The molecule has 3 unspecified atom stereocenters. The summed E-state index contributed by atoms with van der Waals surface area (Å²) in [4.78, 5) is 14.4. The monoisotopic (exact) mass is 282 g/mol. The van der Waals surface area contributed by atoms with Crippen LogP contribution in [0.1, 0.15) is 23.7 Å². The summed E-state index contributed by atoms with van der Waals surface area (Å²) < 4.78 is 13.8. The summed E-state index contributed by atoms with van der Waals surface area (Å²) in [7, 11) is 0. The van der Waals surface area contributed by atoms with Crippen molar-refractivity contribution in [1.29, 1.82) is 0 Å². The SMILES string of the molecule is CC1CC2CNCC2N1C(=O)c1cc(Cl)ccc1F. The molecular weight excluding hydrogens is 267 g/mol. The maximum Gasteiger partial charge on any atom is 0.257 e. The highest BCUT2D eigenvalue weighted by atomic mass is 35.5.